The minimum absolute atomic E-state index is 0.0273. The molecule has 1 aromatic carbocycles. The second-order valence-corrected chi connectivity index (χ2v) is 6.67. The Morgan fingerprint density at radius 3 is 2.77 bits per heavy atom. The van der Waals surface area contributed by atoms with Gasteiger partial charge in [-0.2, -0.15) is 0 Å². The number of ether oxygens (including phenoxy) is 1. The highest BCUT2D eigenvalue weighted by molar-refractivity contribution is 5.78. The minimum atomic E-state index is 0.0273. The normalized spacial score (nSPS) is 15.7. The van der Waals surface area contributed by atoms with Gasteiger partial charge in [0.2, 0.25) is 5.91 Å². The summed E-state index contributed by atoms with van der Waals surface area (Å²) in [6.45, 7) is 3.87. The molecule has 4 rings (SSSR count). The van der Waals surface area contributed by atoms with Crippen molar-refractivity contribution in [3.05, 3.63) is 42.2 Å². The van der Waals surface area contributed by atoms with Crippen molar-refractivity contribution >= 4 is 16.9 Å². The van der Waals surface area contributed by atoms with Crippen LogP contribution in [0.25, 0.3) is 11.0 Å². The molecule has 1 N–H and O–H groups in total. The van der Waals surface area contributed by atoms with Crippen LogP contribution in [0.4, 0.5) is 0 Å². The number of piperidine rings is 1. The van der Waals surface area contributed by atoms with Crippen LogP contribution >= 0.6 is 0 Å². The van der Waals surface area contributed by atoms with Gasteiger partial charge in [0, 0.05) is 19.1 Å². The number of nitrogens with one attached hydrogen (secondary N) is 1. The van der Waals surface area contributed by atoms with Gasteiger partial charge >= 0.3 is 0 Å². The fourth-order valence-corrected chi connectivity index (χ4v) is 3.43. The Morgan fingerprint density at radius 1 is 1.27 bits per heavy atom. The number of carbonyl (C=O) groups excluding carboxylic acids is 1. The maximum atomic E-state index is 12.3. The lowest BCUT2D eigenvalue weighted by Crippen LogP contribution is -2.40. The average molecular weight is 354 g/mol. The van der Waals surface area contributed by atoms with E-state index < -0.39 is 0 Å². The number of hydrogen-bond acceptors (Lipinski definition) is 5. The molecule has 0 atom stereocenters. The molecule has 0 aliphatic carbocycles. The lowest BCUT2D eigenvalue weighted by atomic mass is 10.1. The SMILES string of the molecule is Cc1cccc2[nH]c(COCC(=O)N3CCC(n4cnnc4)CC3)nc12. The summed E-state index contributed by atoms with van der Waals surface area (Å²) < 4.78 is 7.61. The third-order valence-corrected chi connectivity index (χ3v) is 4.90. The number of likely N-dealkylation sites (tertiary alicyclic amines) is 1. The molecular formula is C18H22N6O2. The molecular weight excluding hydrogens is 332 g/mol. The quantitative estimate of drug-likeness (QED) is 0.755. The highest BCUT2D eigenvalue weighted by atomic mass is 16.5. The van der Waals surface area contributed by atoms with Crippen LogP contribution in [0.1, 0.15) is 30.3 Å². The summed E-state index contributed by atoms with van der Waals surface area (Å²) in [5.41, 5.74) is 3.07. The third kappa shape index (κ3) is 3.45. The zero-order chi connectivity index (χ0) is 17.9. The molecule has 0 spiro atoms. The maximum Gasteiger partial charge on any atom is 0.248 e. The van der Waals surface area contributed by atoms with Gasteiger partial charge in [-0.1, -0.05) is 12.1 Å². The van der Waals surface area contributed by atoms with E-state index in [2.05, 4.69) is 20.2 Å². The lowest BCUT2D eigenvalue weighted by Gasteiger charge is -2.32. The standard InChI is InChI=1S/C18H22N6O2/c1-13-3-2-4-15-18(13)22-16(21-15)9-26-10-17(25)23-7-5-14(6-8-23)24-11-19-20-12-24/h2-4,11-12,14H,5-10H2,1H3,(H,21,22). The third-order valence-electron chi connectivity index (χ3n) is 4.90. The molecule has 8 heteroatoms. The summed E-state index contributed by atoms with van der Waals surface area (Å²) in [4.78, 5) is 22.0. The first-order valence-corrected chi connectivity index (χ1v) is 8.84. The van der Waals surface area contributed by atoms with Crippen molar-refractivity contribution in [1.82, 2.24) is 29.6 Å². The summed E-state index contributed by atoms with van der Waals surface area (Å²) in [5, 5.41) is 7.69. The van der Waals surface area contributed by atoms with E-state index in [1.165, 1.54) is 0 Å². The molecule has 0 bridgehead atoms. The van der Waals surface area contributed by atoms with Crippen LogP contribution in [0, 0.1) is 6.92 Å². The van der Waals surface area contributed by atoms with Crippen LogP contribution < -0.4 is 0 Å². The van der Waals surface area contributed by atoms with Crippen LogP contribution in [0.15, 0.2) is 30.9 Å². The minimum Gasteiger partial charge on any atom is -0.364 e. The number of fused-ring (bicyclic) bond motifs is 1. The number of amides is 1. The van der Waals surface area contributed by atoms with Crippen LogP contribution in [-0.4, -0.2) is 55.2 Å². The van der Waals surface area contributed by atoms with Crippen LogP contribution in [0.3, 0.4) is 0 Å². The van der Waals surface area contributed by atoms with Gasteiger partial charge in [-0.3, -0.25) is 4.79 Å². The Hall–Kier alpha value is -2.74. The van der Waals surface area contributed by atoms with Crippen molar-refractivity contribution in [1.29, 1.82) is 0 Å². The number of imidazole rings is 1. The monoisotopic (exact) mass is 354 g/mol. The lowest BCUT2D eigenvalue weighted by molar-refractivity contribution is -0.137. The first-order chi connectivity index (χ1) is 12.7. The number of benzene rings is 1. The summed E-state index contributed by atoms with van der Waals surface area (Å²) >= 11 is 0. The van der Waals surface area contributed by atoms with Gasteiger partial charge in [0.25, 0.3) is 0 Å². The summed E-state index contributed by atoms with van der Waals surface area (Å²) in [5.74, 6) is 0.771. The number of para-hydroxylation sites is 1. The summed E-state index contributed by atoms with van der Waals surface area (Å²) in [7, 11) is 0. The predicted octanol–water partition coefficient (Wildman–Crippen LogP) is 1.84. The highest BCUT2D eigenvalue weighted by Crippen LogP contribution is 2.21. The molecule has 0 radical (unpaired) electrons. The van der Waals surface area contributed by atoms with E-state index in [-0.39, 0.29) is 12.5 Å². The Bertz CT molecular complexity index is 880. The Kier molecular flexibility index (Phi) is 4.66. The zero-order valence-electron chi connectivity index (χ0n) is 14.8. The topological polar surface area (TPSA) is 88.9 Å². The van der Waals surface area contributed by atoms with E-state index in [1.807, 2.05) is 34.6 Å². The van der Waals surface area contributed by atoms with Crippen molar-refractivity contribution in [2.24, 2.45) is 0 Å². The molecule has 1 fully saturated rings. The molecule has 136 valence electrons. The molecule has 1 aliphatic heterocycles. The molecule has 1 amide bonds. The number of aromatic amines is 1. The van der Waals surface area contributed by atoms with Gasteiger partial charge in [-0.25, -0.2) is 4.98 Å². The number of nitrogens with zero attached hydrogens (tertiary/aromatic N) is 5. The van der Waals surface area contributed by atoms with E-state index in [0.717, 1.165) is 48.4 Å². The van der Waals surface area contributed by atoms with E-state index >= 15 is 0 Å². The molecule has 1 aliphatic rings. The van der Waals surface area contributed by atoms with Crippen LogP contribution in [0.2, 0.25) is 0 Å². The molecule has 26 heavy (non-hydrogen) atoms. The smallest absolute Gasteiger partial charge is 0.248 e. The van der Waals surface area contributed by atoms with Crippen molar-refractivity contribution in [2.75, 3.05) is 19.7 Å². The maximum absolute atomic E-state index is 12.3. The molecule has 3 heterocycles. The van der Waals surface area contributed by atoms with Crippen molar-refractivity contribution < 1.29 is 9.53 Å². The molecule has 0 unspecified atom stereocenters. The molecule has 1 saturated heterocycles. The van der Waals surface area contributed by atoms with Gasteiger partial charge in [-0.15, -0.1) is 10.2 Å². The van der Waals surface area contributed by atoms with Gasteiger partial charge in [0.05, 0.1) is 11.0 Å². The number of aromatic nitrogens is 5. The Balaban J connectivity index is 1.26. The van der Waals surface area contributed by atoms with Crippen molar-refractivity contribution in [3.63, 3.8) is 0 Å². The van der Waals surface area contributed by atoms with E-state index in [9.17, 15) is 4.79 Å². The van der Waals surface area contributed by atoms with Crippen molar-refractivity contribution in [3.8, 4) is 0 Å². The number of H-pyrrole nitrogens is 1. The largest absolute Gasteiger partial charge is 0.364 e. The van der Waals surface area contributed by atoms with E-state index in [1.54, 1.807) is 12.7 Å². The number of hydrogen-bond donors (Lipinski definition) is 1. The predicted molar refractivity (Wildman–Crippen MR) is 95.4 cm³/mol. The van der Waals surface area contributed by atoms with Crippen LogP contribution in [0.5, 0.6) is 0 Å². The highest BCUT2D eigenvalue weighted by Gasteiger charge is 2.23. The van der Waals surface area contributed by atoms with Crippen molar-refractivity contribution in [2.45, 2.75) is 32.4 Å². The first kappa shape index (κ1) is 16.7. The van der Waals surface area contributed by atoms with Gasteiger partial charge in [0.15, 0.2) is 0 Å². The fourth-order valence-electron chi connectivity index (χ4n) is 3.43. The molecule has 2 aromatic heterocycles. The average Bonchev–Trinajstić information content (AvgIpc) is 3.32. The molecule has 0 saturated carbocycles. The summed E-state index contributed by atoms with van der Waals surface area (Å²) in [6, 6.07) is 6.38. The second kappa shape index (κ2) is 7.25. The molecule has 3 aromatic rings. The van der Waals surface area contributed by atoms with Gasteiger partial charge < -0.3 is 19.2 Å². The number of carbonyl (C=O) groups is 1. The second-order valence-electron chi connectivity index (χ2n) is 6.67. The fraction of sp³-hybridized carbons (Fsp3) is 0.444. The number of rotatable bonds is 5. The number of aryl methyl sites for hydroxylation is 1. The van der Waals surface area contributed by atoms with E-state index in [0.29, 0.717) is 12.6 Å². The Morgan fingerprint density at radius 2 is 2.04 bits per heavy atom. The first-order valence-electron chi connectivity index (χ1n) is 8.84. The van der Waals surface area contributed by atoms with Gasteiger partial charge in [-0.05, 0) is 31.4 Å². The van der Waals surface area contributed by atoms with Crippen LogP contribution in [-0.2, 0) is 16.1 Å². The zero-order valence-corrected chi connectivity index (χ0v) is 14.8. The molecule has 8 nitrogen and oxygen atoms in total. The summed E-state index contributed by atoms with van der Waals surface area (Å²) in [6.07, 6.45) is 5.29. The Labute approximate surface area is 151 Å². The van der Waals surface area contributed by atoms with Gasteiger partial charge in [0.1, 0.15) is 31.7 Å². The van der Waals surface area contributed by atoms with E-state index in [4.69, 9.17) is 4.74 Å².